The highest BCUT2D eigenvalue weighted by Crippen LogP contribution is 2.15. The van der Waals surface area contributed by atoms with Crippen LogP contribution in [0.4, 0.5) is 5.69 Å². The Morgan fingerprint density at radius 3 is 2.27 bits per heavy atom. The van der Waals surface area contributed by atoms with Crippen LogP contribution in [0.5, 0.6) is 0 Å². The highest BCUT2D eigenvalue weighted by Gasteiger charge is 2.17. The van der Waals surface area contributed by atoms with Gasteiger partial charge in [0.15, 0.2) is 0 Å². The third kappa shape index (κ3) is 5.71. The molecule has 0 unspecified atom stereocenters. The topological polar surface area (TPSA) is 108 Å². The number of para-hydroxylation sites is 1. The first kappa shape index (κ1) is 19.1. The minimum absolute atomic E-state index is 0.0362. The van der Waals surface area contributed by atoms with E-state index in [0.29, 0.717) is 6.54 Å². The maximum Gasteiger partial charge on any atom is 0.313 e. The van der Waals surface area contributed by atoms with Crippen LogP contribution in [0, 0.1) is 0 Å². The van der Waals surface area contributed by atoms with E-state index in [9.17, 15) is 14.4 Å². The van der Waals surface area contributed by atoms with Gasteiger partial charge in [-0.1, -0.05) is 42.5 Å². The number of hydrogen-bond acceptors (Lipinski definition) is 4. The molecule has 136 valence electrons. The summed E-state index contributed by atoms with van der Waals surface area (Å²) in [5.74, 6) is -2.16. The lowest BCUT2D eigenvalue weighted by molar-refractivity contribution is -0.136. The summed E-state index contributed by atoms with van der Waals surface area (Å²) in [5.41, 5.74) is 1.43. The van der Waals surface area contributed by atoms with E-state index in [1.54, 1.807) is 18.2 Å². The van der Waals surface area contributed by atoms with Gasteiger partial charge in [0.05, 0.1) is 17.4 Å². The van der Waals surface area contributed by atoms with Gasteiger partial charge in [0.2, 0.25) is 0 Å². The van der Waals surface area contributed by atoms with Crippen LogP contribution in [-0.4, -0.2) is 35.5 Å². The molecule has 1 atom stereocenters. The Kier molecular flexibility index (Phi) is 6.87. The van der Waals surface area contributed by atoms with E-state index >= 15 is 0 Å². The summed E-state index contributed by atoms with van der Waals surface area (Å²) in [6, 6.07) is 15.8. The van der Waals surface area contributed by atoms with Crippen LogP contribution >= 0.6 is 0 Å². The van der Waals surface area contributed by atoms with Crippen LogP contribution in [-0.2, 0) is 16.1 Å². The zero-order valence-corrected chi connectivity index (χ0v) is 14.4. The van der Waals surface area contributed by atoms with Crippen LogP contribution < -0.4 is 16.0 Å². The van der Waals surface area contributed by atoms with E-state index in [2.05, 4.69) is 16.0 Å². The molecule has 0 radical (unpaired) electrons. The Bertz CT molecular complexity index is 775. The van der Waals surface area contributed by atoms with Crippen molar-refractivity contribution in [2.45, 2.75) is 19.6 Å². The number of aliphatic hydroxyl groups excluding tert-OH is 1. The van der Waals surface area contributed by atoms with Gasteiger partial charge in [0.25, 0.3) is 5.91 Å². The summed E-state index contributed by atoms with van der Waals surface area (Å²) in [6.45, 7) is 1.80. The van der Waals surface area contributed by atoms with Crippen molar-refractivity contribution in [1.29, 1.82) is 0 Å². The molecule has 0 bridgehead atoms. The molecule has 0 saturated heterocycles. The normalized spacial score (nSPS) is 11.3. The number of benzene rings is 2. The summed E-state index contributed by atoms with van der Waals surface area (Å²) < 4.78 is 0. The molecule has 3 amide bonds. The molecular weight excluding hydrogens is 334 g/mol. The zero-order valence-electron chi connectivity index (χ0n) is 14.4. The third-order valence-electron chi connectivity index (χ3n) is 3.48. The number of rotatable bonds is 6. The fourth-order valence-electron chi connectivity index (χ4n) is 2.16. The van der Waals surface area contributed by atoms with Crippen molar-refractivity contribution in [3.63, 3.8) is 0 Å². The van der Waals surface area contributed by atoms with Gasteiger partial charge in [-0.15, -0.1) is 0 Å². The number of amides is 3. The minimum Gasteiger partial charge on any atom is -0.392 e. The van der Waals surface area contributed by atoms with Crippen molar-refractivity contribution >= 4 is 23.4 Å². The van der Waals surface area contributed by atoms with Crippen molar-refractivity contribution < 1.29 is 19.5 Å². The first-order chi connectivity index (χ1) is 12.5. The number of nitrogens with one attached hydrogen (secondary N) is 3. The lowest BCUT2D eigenvalue weighted by atomic mass is 10.1. The first-order valence-electron chi connectivity index (χ1n) is 8.15. The molecule has 7 nitrogen and oxygen atoms in total. The summed E-state index contributed by atoms with van der Waals surface area (Å²) in [4.78, 5) is 36.1. The van der Waals surface area contributed by atoms with Crippen molar-refractivity contribution in [2.75, 3.05) is 11.9 Å². The molecule has 0 spiro atoms. The van der Waals surface area contributed by atoms with Gasteiger partial charge in [-0.25, -0.2) is 0 Å². The Labute approximate surface area is 151 Å². The van der Waals surface area contributed by atoms with Gasteiger partial charge < -0.3 is 21.1 Å². The van der Waals surface area contributed by atoms with Gasteiger partial charge in [-0.3, -0.25) is 14.4 Å². The summed E-state index contributed by atoms with van der Waals surface area (Å²) in [5, 5.41) is 16.6. The van der Waals surface area contributed by atoms with Crippen LogP contribution in [0.15, 0.2) is 54.6 Å². The second kappa shape index (κ2) is 9.33. The van der Waals surface area contributed by atoms with Crippen LogP contribution in [0.25, 0.3) is 0 Å². The smallest absolute Gasteiger partial charge is 0.313 e. The molecule has 0 aliphatic heterocycles. The molecule has 26 heavy (non-hydrogen) atoms. The Balaban J connectivity index is 2.01. The molecular formula is C19H21N3O4. The van der Waals surface area contributed by atoms with E-state index in [0.717, 1.165) is 5.56 Å². The molecule has 0 aromatic heterocycles. The van der Waals surface area contributed by atoms with Gasteiger partial charge in [-0.05, 0) is 24.6 Å². The number of carbonyl (C=O) groups is 3. The molecule has 2 aromatic carbocycles. The van der Waals surface area contributed by atoms with Crippen LogP contribution in [0.1, 0.15) is 22.8 Å². The van der Waals surface area contributed by atoms with Gasteiger partial charge in [-0.2, -0.15) is 0 Å². The summed E-state index contributed by atoms with van der Waals surface area (Å²) in [6.07, 6.45) is -0.761. The number of aliphatic hydroxyl groups is 1. The number of hydrogen-bond donors (Lipinski definition) is 4. The lowest BCUT2D eigenvalue weighted by Gasteiger charge is -2.12. The maximum atomic E-state index is 12.4. The lowest BCUT2D eigenvalue weighted by Crippen LogP contribution is -2.39. The summed E-state index contributed by atoms with van der Waals surface area (Å²) in [7, 11) is 0. The minimum atomic E-state index is -0.908. The summed E-state index contributed by atoms with van der Waals surface area (Å²) >= 11 is 0. The predicted molar refractivity (Wildman–Crippen MR) is 97.4 cm³/mol. The average Bonchev–Trinajstić information content (AvgIpc) is 2.65. The molecule has 0 heterocycles. The maximum absolute atomic E-state index is 12.4. The standard InChI is InChI=1S/C19H21N3O4/c1-13(23)11-20-18(25)19(26)22-16-10-6-5-9-15(16)17(24)21-12-14-7-3-2-4-8-14/h2-10,13,23H,11-12H2,1H3,(H,20,25)(H,21,24)(H,22,26)/t13-/m1/s1. The monoisotopic (exact) mass is 355 g/mol. The van der Waals surface area contributed by atoms with Crippen molar-refractivity contribution in [3.8, 4) is 0 Å². The van der Waals surface area contributed by atoms with Crippen LogP contribution in [0.2, 0.25) is 0 Å². The van der Waals surface area contributed by atoms with E-state index in [-0.39, 0.29) is 23.7 Å². The predicted octanol–water partition coefficient (Wildman–Crippen LogP) is 1.05. The second-order valence-corrected chi connectivity index (χ2v) is 5.73. The Hall–Kier alpha value is -3.19. The highest BCUT2D eigenvalue weighted by molar-refractivity contribution is 6.40. The van der Waals surface area contributed by atoms with Gasteiger partial charge in [0, 0.05) is 13.1 Å². The van der Waals surface area contributed by atoms with Gasteiger partial charge in [0.1, 0.15) is 0 Å². The van der Waals surface area contributed by atoms with E-state index in [1.807, 2.05) is 30.3 Å². The fourth-order valence-corrected chi connectivity index (χ4v) is 2.16. The molecule has 4 N–H and O–H groups in total. The van der Waals surface area contributed by atoms with Crippen LogP contribution in [0.3, 0.4) is 0 Å². The third-order valence-corrected chi connectivity index (χ3v) is 3.48. The number of carbonyl (C=O) groups excluding carboxylic acids is 3. The van der Waals surface area contributed by atoms with Gasteiger partial charge >= 0.3 is 11.8 Å². The SMILES string of the molecule is C[C@@H](O)CNC(=O)C(=O)Nc1ccccc1C(=O)NCc1ccccc1. The van der Waals surface area contributed by atoms with Crippen molar-refractivity contribution in [3.05, 3.63) is 65.7 Å². The fraction of sp³-hybridized carbons (Fsp3) is 0.211. The van der Waals surface area contributed by atoms with E-state index in [1.165, 1.54) is 13.0 Å². The molecule has 7 heteroatoms. The largest absolute Gasteiger partial charge is 0.392 e. The first-order valence-corrected chi connectivity index (χ1v) is 8.15. The van der Waals surface area contributed by atoms with E-state index < -0.39 is 17.9 Å². The molecule has 0 aliphatic rings. The zero-order chi connectivity index (χ0) is 18.9. The Morgan fingerprint density at radius 2 is 1.58 bits per heavy atom. The molecule has 2 rings (SSSR count). The molecule has 2 aromatic rings. The van der Waals surface area contributed by atoms with Crippen molar-refractivity contribution in [2.24, 2.45) is 0 Å². The molecule has 0 saturated carbocycles. The van der Waals surface area contributed by atoms with E-state index in [4.69, 9.17) is 5.11 Å². The molecule has 0 aliphatic carbocycles. The van der Waals surface area contributed by atoms with Crippen molar-refractivity contribution in [1.82, 2.24) is 10.6 Å². The Morgan fingerprint density at radius 1 is 0.923 bits per heavy atom. The second-order valence-electron chi connectivity index (χ2n) is 5.73. The quantitative estimate of drug-likeness (QED) is 0.581. The molecule has 0 fully saturated rings. The average molecular weight is 355 g/mol. The highest BCUT2D eigenvalue weighted by atomic mass is 16.3. The number of anilines is 1.